The van der Waals surface area contributed by atoms with Gasteiger partial charge in [-0.05, 0) is 37.3 Å². The molecule has 10 heteroatoms. The molecule has 1 aromatic carbocycles. The van der Waals surface area contributed by atoms with Crippen LogP contribution in [0, 0.1) is 6.92 Å². The number of halogens is 3. The highest BCUT2D eigenvalue weighted by Crippen LogP contribution is 2.36. The smallest absolute Gasteiger partial charge is 0.379 e. The number of aromatic nitrogens is 2. The number of pyridine rings is 1. The molecule has 0 aliphatic rings. The van der Waals surface area contributed by atoms with Gasteiger partial charge in [-0.2, -0.15) is 13.2 Å². The molecule has 0 aliphatic carbocycles. The zero-order valence-corrected chi connectivity index (χ0v) is 14.4. The Morgan fingerprint density at radius 2 is 1.96 bits per heavy atom. The van der Waals surface area contributed by atoms with Crippen molar-refractivity contribution in [2.75, 3.05) is 5.32 Å². The normalized spacial score (nSPS) is 12.5. The monoisotopic (exact) mass is 384 g/mol. The average Bonchev–Trinajstić information content (AvgIpc) is 2.95. The zero-order chi connectivity index (χ0) is 19.1. The molecule has 6 nitrogen and oxygen atoms in total. The van der Waals surface area contributed by atoms with Crippen LogP contribution in [-0.2, 0) is 22.7 Å². The van der Waals surface area contributed by atoms with E-state index < -0.39 is 26.7 Å². The number of fused-ring (bicyclic) bond motifs is 1. The molecule has 3 rings (SSSR count). The Kier molecular flexibility index (Phi) is 4.41. The molecule has 138 valence electrons. The number of primary sulfonamides is 1. The summed E-state index contributed by atoms with van der Waals surface area (Å²) < 4.78 is 64.2. The fourth-order valence-electron chi connectivity index (χ4n) is 2.56. The number of rotatable bonds is 4. The van der Waals surface area contributed by atoms with Crippen molar-refractivity contribution in [1.82, 2.24) is 9.38 Å². The van der Waals surface area contributed by atoms with E-state index in [1.54, 1.807) is 12.3 Å². The van der Waals surface area contributed by atoms with Gasteiger partial charge in [0.15, 0.2) is 0 Å². The van der Waals surface area contributed by atoms with Gasteiger partial charge in [-0.25, -0.2) is 18.5 Å². The summed E-state index contributed by atoms with van der Waals surface area (Å²) in [5.74, 6) is 0. The van der Waals surface area contributed by atoms with Crippen molar-refractivity contribution in [3.05, 3.63) is 59.5 Å². The number of nitrogens with one attached hydrogen (secondary N) is 1. The van der Waals surface area contributed by atoms with Gasteiger partial charge in [0.25, 0.3) is 0 Å². The van der Waals surface area contributed by atoms with Crippen LogP contribution < -0.4 is 10.5 Å². The van der Waals surface area contributed by atoms with E-state index in [1.807, 2.05) is 23.5 Å². The lowest BCUT2D eigenvalue weighted by Gasteiger charge is -2.15. The molecule has 0 atom stereocenters. The molecule has 0 amide bonds. The predicted molar refractivity (Wildman–Crippen MR) is 90.1 cm³/mol. The van der Waals surface area contributed by atoms with Crippen molar-refractivity contribution in [2.24, 2.45) is 5.14 Å². The van der Waals surface area contributed by atoms with Gasteiger partial charge in [-0.1, -0.05) is 6.07 Å². The van der Waals surface area contributed by atoms with Crippen LogP contribution in [0.2, 0.25) is 0 Å². The molecule has 0 radical (unpaired) electrons. The molecule has 0 aliphatic heterocycles. The van der Waals surface area contributed by atoms with E-state index in [0.717, 1.165) is 17.8 Å². The molecule has 3 N–H and O–H groups in total. The van der Waals surface area contributed by atoms with Crippen LogP contribution in [0.25, 0.3) is 5.65 Å². The van der Waals surface area contributed by atoms with E-state index in [0.29, 0.717) is 17.4 Å². The van der Waals surface area contributed by atoms with Gasteiger partial charge in [0.2, 0.25) is 10.0 Å². The number of nitrogens with two attached hydrogens (primary N) is 1. The summed E-state index contributed by atoms with van der Waals surface area (Å²) >= 11 is 0. The van der Waals surface area contributed by atoms with Crippen LogP contribution in [0.4, 0.5) is 18.9 Å². The number of hydrogen-bond acceptors (Lipinski definition) is 4. The van der Waals surface area contributed by atoms with Gasteiger partial charge in [0, 0.05) is 17.6 Å². The van der Waals surface area contributed by atoms with Crippen LogP contribution in [0.3, 0.4) is 0 Å². The molecule has 0 spiro atoms. The topological polar surface area (TPSA) is 89.5 Å². The highest BCUT2D eigenvalue weighted by Gasteiger charge is 2.34. The average molecular weight is 384 g/mol. The minimum atomic E-state index is -4.74. The minimum absolute atomic E-state index is 0.0406. The second-order valence-electron chi connectivity index (χ2n) is 5.73. The Labute approximate surface area is 147 Å². The van der Waals surface area contributed by atoms with E-state index >= 15 is 0 Å². The van der Waals surface area contributed by atoms with Crippen LogP contribution in [0.1, 0.15) is 17.0 Å². The number of benzene rings is 1. The standard InChI is InChI=1S/C16H15F3N4O2S/c1-10-3-2-4-15-22-11(9-23(10)15)8-21-14-6-5-12(26(20,24)25)7-13(14)16(17,18)19/h2-7,9,21H,8H2,1H3,(H2,20,24,25). The van der Waals surface area contributed by atoms with Gasteiger partial charge >= 0.3 is 6.18 Å². The Bertz CT molecular complexity index is 1070. The highest BCUT2D eigenvalue weighted by molar-refractivity contribution is 7.89. The zero-order valence-electron chi connectivity index (χ0n) is 13.6. The van der Waals surface area contributed by atoms with Crippen LogP contribution >= 0.6 is 0 Å². The number of hydrogen-bond donors (Lipinski definition) is 2. The van der Waals surface area contributed by atoms with Crippen molar-refractivity contribution in [2.45, 2.75) is 24.5 Å². The lowest BCUT2D eigenvalue weighted by molar-refractivity contribution is -0.137. The maximum absolute atomic E-state index is 13.3. The molecule has 2 heterocycles. The third-order valence-corrected chi connectivity index (χ3v) is 4.74. The second kappa shape index (κ2) is 6.29. The van der Waals surface area contributed by atoms with Crippen molar-refractivity contribution in [3.8, 4) is 0 Å². The summed E-state index contributed by atoms with van der Waals surface area (Å²) in [7, 11) is -4.24. The number of anilines is 1. The molecule has 2 aromatic heterocycles. The fourth-order valence-corrected chi connectivity index (χ4v) is 3.10. The van der Waals surface area contributed by atoms with E-state index in [4.69, 9.17) is 5.14 Å². The van der Waals surface area contributed by atoms with E-state index in [2.05, 4.69) is 10.3 Å². The Balaban J connectivity index is 1.92. The molecule has 0 fully saturated rings. The summed E-state index contributed by atoms with van der Waals surface area (Å²) in [4.78, 5) is 3.74. The quantitative estimate of drug-likeness (QED) is 0.724. The number of aryl methyl sites for hydroxylation is 1. The first kappa shape index (κ1) is 18.2. The Morgan fingerprint density at radius 3 is 2.58 bits per heavy atom. The van der Waals surface area contributed by atoms with Crippen molar-refractivity contribution in [3.63, 3.8) is 0 Å². The molecule has 26 heavy (non-hydrogen) atoms. The SMILES string of the molecule is Cc1cccc2nc(CNc3ccc(S(N)(=O)=O)cc3C(F)(F)F)cn12. The molecule has 0 unspecified atom stereocenters. The van der Waals surface area contributed by atoms with Crippen LogP contribution in [-0.4, -0.2) is 17.8 Å². The van der Waals surface area contributed by atoms with Gasteiger partial charge < -0.3 is 9.72 Å². The highest BCUT2D eigenvalue weighted by atomic mass is 32.2. The number of imidazole rings is 1. The molecule has 0 bridgehead atoms. The second-order valence-corrected chi connectivity index (χ2v) is 7.29. The van der Waals surface area contributed by atoms with Gasteiger partial charge in [0.05, 0.1) is 22.7 Å². The van der Waals surface area contributed by atoms with E-state index in [9.17, 15) is 21.6 Å². The van der Waals surface area contributed by atoms with E-state index in [-0.39, 0.29) is 12.2 Å². The van der Waals surface area contributed by atoms with Crippen molar-refractivity contribution < 1.29 is 21.6 Å². The third kappa shape index (κ3) is 3.65. The Hall–Kier alpha value is -2.59. The predicted octanol–water partition coefficient (Wildman–Crippen LogP) is 2.92. The molecule has 0 saturated carbocycles. The van der Waals surface area contributed by atoms with Crippen LogP contribution in [0.15, 0.2) is 47.5 Å². The maximum atomic E-state index is 13.3. The summed E-state index contributed by atoms with van der Waals surface area (Å²) in [6, 6.07) is 8.11. The molecular formula is C16H15F3N4O2S. The lowest BCUT2D eigenvalue weighted by atomic mass is 10.1. The van der Waals surface area contributed by atoms with Gasteiger partial charge in [-0.3, -0.25) is 0 Å². The first-order chi connectivity index (χ1) is 12.1. The van der Waals surface area contributed by atoms with Crippen LogP contribution in [0.5, 0.6) is 0 Å². The summed E-state index contributed by atoms with van der Waals surface area (Å²) in [6.07, 6.45) is -3.01. The summed E-state index contributed by atoms with van der Waals surface area (Å²) in [5, 5.41) is 7.58. The van der Waals surface area contributed by atoms with E-state index in [1.165, 1.54) is 0 Å². The number of nitrogens with zero attached hydrogens (tertiary/aromatic N) is 2. The summed E-state index contributed by atoms with van der Waals surface area (Å²) in [6.45, 7) is 1.93. The lowest BCUT2D eigenvalue weighted by Crippen LogP contribution is -2.16. The molecule has 0 saturated heterocycles. The minimum Gasteiger partial charge on any atom is -0.379 e. The van der Waals surface area contributed by atoms with Crippen molar-refractivity contribution >= 4 is 21.4 Å². The van der Waals surface area contributed by atoms with Gasteiger partial charge in [0.1, 0.15) is 5.65 Å². The number of sulfonamides is 1. The Morgan fingerprint density at radius 1 is 1.23 bits per heavy atom. The largest absolute Gasteiger partial charge is 0.418 e. The number of alkyl halides is 3. The third-order valence-electron chi connectivity index (χ3n) is 3.83. The van der Waals surface area contributed by atoms with Gasteiger partial charge in [-0.15, -0.1) is 0 Å². The first-order valence-corrected chi connectivity index (χ1v) is 9.02. The fraction of sp³-hybridized carbons (Fsp3) is 0.188. The maximum Gasteiger partial charge on any atom is 0.418 e. The first-order valence-electron chi connectivity index (χ1n) is 7.47. The molecule has 3 aromatic rings. The summed E-state index contributed by atoms with van der Waals surface area (Å²) in [5.41, 5.74) is 0.808. The van der Waals surface area contributed by atoms with Crippen molar-refractivity contribution in [1.29, 1.82) is 0 Å². The molecular weight excluding hydrogens is 369 g/mol.